The number of hydrogen-bond donors (Lipinski definition) is 1. The molecule has 16 heavy (non-hydrogen) atoms. The van der Waals surface area contributed by atoms with Crippen molar-refractivity contribution in [1.29, 1.82) is 0 Å². The van der Waals surface area contributed by atoms with Crippen LogP contribution in [0.4, 0.5) is 13.2 Å². The van der Waals surface area contributed by atoms with Crippen LogP contribution in [0.1, 0.15) is 28.0 Å². The smallest absolute Gasteiger partial charge is 0.330 e. The van der Waals surface area contributed by atoms with Gasteiger partial charge in [0.1, 0.15) is 0 Å². The molecule has 0 aliphatic heterocycles. The molecule has 0 aromatic carbocycles. The fourth-order valence-electron chi connectivity index (χ4n) is 1.18. The van der Waals surface area contributed by atoms with E-state index in [1.807, 2.05) is 0 Å². The lowest BCUT2D eigenvalue weighted by Gasteiger charge is -2.08. The normalized spacial score (nSPS) is 13.8. The number of aromatic nitrogens is 1. The van der Waals surface area contributed by atoms with Gasteiger partial charge < -0.3 is 5.73 Å². The van der Waals surface area contributed by atoms with Crippen LogP contribution >= 0.6 is 11.3 Å². The van der Waals surface area contributed by atoms with Gasteiger partial charge in [0.25, 0.3) is 0 Å². The first kappa shape index (κ1) is 13.1. The number of Topliss-reactive ketones (excluding diaryl/α,β-unsaturated/α-hetero) is 1. The van der Waals surface area contributed by atoms with Crippen LogP contribution < -0.4 is 5.73 Å². The molecule has 7 heteroatoms. The summed E-state index contributed by atoms with van der Waals surface area (Å²) in [5.74, 6) is -0.792. The molecule has 1 aromatic rings. The summed E-state index contributed by atoms with van der Waals surface area (Å²) in [6.45, 7) is 1.90. The van der Waals surface area contributed by atoms with Crippen molar-refractivity contribution in [2.45, 2.75) is 19.5 Å². The third kappa shape index (κ3) is 2.79. The number of alkyl halides is 3. The van der Waals surface area contributed by atoms with Crippen molar-refractivity contribution in [3.63, 3.8) is 0 Å². The van der Waals surface area contributed by atoms with Gasteiger partial charge in [-0.1, -0.05) is 6.92 Å². The van der Waals surface area contributed by atoms with Crippen molar-refractivity contribution < 1.29 is 18.0 Å². The lowest BCUT2D eigenvalue weighted by molar-refractivity contribution is -0.137. The Morgan fingerprint density at radius 1 is 1.62 bits per heavy atom. The first-order valence-corrected chi connectivity index (χ1v) is 5.49. The fraction of sp³-hybridized carbons (Fsp3) is 0.556. The molecule has 0 saturated heterocycles. The molecule has 2 N–H and O–H groups in total. The maximum absolute atomic E-state index is 12.2. The van der Waals surface area contributed by atoms with Gasteiger partial charge in [-0.2, -0.15) is 13.2 Å². The van der Waals surface area contributed by atoms with Crippen LogP contribution in [0.3, 0.4) is 0 Å². The molecule has 1 heterocycles. The van der Waals surface area contributed by atoms with E-state index in [2.05, 4.69) is 4.98 Å². The summed E-state index contributed by atoms with van der Waals surface area (Å²) >= 11 is 0.366. The molecule has 0 aliphatic rings. The monoisotopic (exact) mass is 252 g/mol. The minimum Gasteiger partial charge on any atom is -0.330 e. The highest BCUT2D eigenvalue weighted by Crippen LogP contribution is 2.33. The van der Waals surface area contributed by atoms with Crippen molar-refractivity contribution in [2.24, 2.45) is 11.7 Å². The second kappa shape index (κ2) is 4.92. The zero-order chi connectivity index (χ0) is 12.3. The molecule has 0 fully saturated rings. The Kier molecular flexibility index (Phi) is 4.03. The molecule has 1 atom stereocenters. The van der Waals surface area contributed by atoms with Gasteiger partial charge in [-0.3, -0.25) is 4.79 Å². The second-order valence-electron chi connectivity index (χ2n) is 3.23. The van der Waals surface area contributed by atoms with Crippen molar-refractivity contribution >= 4 is 17.1 Å². The lowest BCUT2D eigenvalue weighted by Crippen LogP contribution is -2.22. The van der Waals surface area contributed by atoms with Crippen LogP contribution in [0.5, 0.6) is 0 Å². The Morgan fingerprint density at radius 3 is 2.62 bits per heavy atom. The number of nitrogens with two attached hydrogens (primary N) is 1. The van der Waals surface area contributed by atoms with Gasteiger partial charge in [-0.25, -0.2) is 4.98 Å². The van der Waals surface area contributed by atoms with Crippen LogP contribution in [0, 0.1) is 5.92 Å². The Hall–Kier alpha value is -0.950. The summed E-state index contributed by atoms with van der Waals surface area (Å²) in [6, 6.07) is 0. The van der Waals surface area contributed by atoms with Crippen molar-refractivity contribution in [3.8, 4) is 0 Å². The molecule has 0 amide bonds. The summed E-state index contributed by atoms with van der Waals surface area (Å²) in [5, 5.41) is -0.997. The zero-order valence-corrected chi connectivity index (χ0v) is 9.36. The minimum absolute atomic E-state index is 0.0182. The van der Waals surface area contributed by atoms with E-state index in [4.69, 9.17) is 5.73 Å². The predicted molar refractivity (Wildman–Crippen MR) is 54.3 cm³/mol. The average Bonchev–Trinajstić information content (AvgIpc) is 2.67. The first-order chi connectivity index (χ1) is 7.40. The van der Waals surface area contributed by atoms with Gasteiger partial charge in [0.05, 0.1) is 4.88 Å². The lowest BCUT2D eigenvalue weighted by atomic mass is 10.0. The third-order valence-electron chi connectivity index (χ3n) is 2.14. The van der Waals surface area contributed by atoms with Crippen molar-refractivity contribution in [3.05, 3.63) is 16.1 Å². The van der Waals surface area contributed by atoms with Crippen molar-refractivity contribution in [1.82, 2.24) is 4.98 Å². The highest BCUT2D eigenvalue weighted by Gasteiger charge is 2.35. The van der Waals surface area contributed by atoms with E-state index in [0.717, 1.165) is 6.20 Å². The second-order valence-corrected chi connectivity index (χ2v) is 4.26. The molecule has 1 aromatic heterocycles. The molecule has 1 rings (SSSR count). The van der Waals surface area contributed by atoms with Gasteiger partial charge in [0.2, 0.25) is 0 Å². The zero-order valence-electron chi connectivity index (χ0n) is 8.54. The maximum Gasteiger partial charge on any atom is 0.443 e. The Balaban J connectivity index is 2.90. The van der Waals surface area contributed by atoms with E-state index in [1.54, 1.807) is 6.92 Å². The standard InChI is InChI=1S/C9H11F3N2OS/c1-2-5(3-13)7(15)6-4-14-8(16-6)9(10,11)12/h4-5H,2-3,13H2,1H3. The third-order valence-corrected chi connectivity index (χ3v) is 3.20. The fourth-order valence-corrected chi connectivity index (χ4v) is 1.98. The highest BCUT2D eigenvalue weighted by atomic mass is 32.1. The first-order valence-electron chi connectivity index (χ1n) is 4.67. The molecule has 3 nitrogen and oxygen atoms in total. The number of ketones is 1. The number of carbonyl (C=O) groups excluding carboxylic acids is 1. The summed E-state index contributed by atoms with van der Waals surface area (Å²) in [7, 11) is 0. The van der Waals surface area contributed by atoms with E-state index in [0.29, 0.717) is 17.8 Å². The minimum atomic E-state index is -4.49. The predicted octanol–water partition coefficient (Wildman–Crippen LogP) is 2.33. The summed E-state index contributed by atoms with van der Waals surface area (Å²) < 4.78 is 36.7. The summed E-state index contributed by atoms with van der Waals surface area (Å²) in [6.07, 6.45) is -3.02. The van der Waals surface area contributed by atoms with Gasteiger partial charge in [0.15, 0.2) is 10.8 Å². The Bertz CT molecular complexity index is 371. The Morgan fingerprint density at radius 2 is 2.25 bits per heavy atom. The van der Waals surface area contributed by atoms with E-state index >= 15 is 0 Å². The topological polar surface area (TPSA) is 56.0 Å². The molecule has 0 saturated carbocycles. The van der Waals surface area contributed by atoms with Gasteiger partial charge >= 0.3 is 6.18 Å². The van der Waals surface area contributed by atoms with Gasteiger partial charge in [-0.05, 0) is 6.42 Å². The van der Waals surface area contributed by atoms with Gasteiger partial charge in [0, 0.05) is 18.7 Å². The van der Waals surface area contributed by atoms with Crippen LogP contribution in [0.15, 0.2) is 6.20 Å². The molecular weight excluding hydrogens is 241 g/mol. The molecule has 1 unspecified atom stereocenters. The number of halogens is 3. The molecule has 0 bridgehead atoms. The number of carbonyl (C=O) groups is 1. The van der Waals surface area contributed by atoms with Crippen LogP contribution in [-0.4, -0.2) is 17.3 Å². The summed E-state index contributed by atoms with van der Waals surface area (Å²) in [4.78, 5) is 14.9. The van der Waals surface area contributed by atoms with Crippen LogP contribution in [-0.2, 0) is 6.18 Å². The highest BCUT2D eigenvalue weighted by molar-refractivity contribution is 7.13. The quantitative estimate of drug-likeness (QED) is 0.837. The Labute approximate surface area is 94.5 Å². The molecule has 90 valence electrons. The van der Waals surface area contributed by atoms with Crippen LogP contribution in [0.25, 0.3) is 0 Å². The molecule has 0 aliphatic carbocycles. The molecule has 0 radical (unpaired) electrons. The number of rotatable bonds is 4. The van der Waals surface area contributed by atoms with Gasteiger partial charge in [-0.15, -0.1) is 11.3 Å². The summed E-state index contributed by atoms with van der Waals surface area (Å²) in [5.41, 5.74) is 5.36. The number of hydrogen-bond acceptors (Lipinski definition) is 4. The van der Waals surface area contributed by atoms with Crippen molar-refractivity contribution in [2.75, 3.05) is 6.54 Å². The maximum atomic E-state index is 12.2. The molecular formula is C9H11F3N2OS. The van der Waals surface area contributed by atoms with E-state index in [9.17, 15) is 18.0 Å². The van der Waals surface area contributed by atoms with E-state index in [1.165, 1.54) is 0 Å². The van der Waals surface area contributed by atoms with Crippen LogP contribution in [0.2, 0.25) is 0 Å². The molecule has 0 spiro atoms. The van der Waals surface area contributed by atoms with E-state index < -0.39 is 17.1 Å². The number of nitrogens with zero attached hydrogens (tertiary/aromatic N) is 1. The van der Waals surface area contributed by atoms with E-state index in [-0.39, 0.29) is 17.2 Å². The largest absolute Gasteiger partial charge is 0.443 e. The SMILES string of the molecule is CCC(CN)C(=O)c1cnc(C(F)(F)F)s1. The number of thiazole rings is 1. The average molecular weight is 252 g/mol.